The Morgan fingerprint density at radius 3 is 2.23 bits per heavy atom. The molecule has 136 valence electrons. The number of hydrogen-bond donors (Lipinski definition) is 2. The van der Waals surface area contributed by atoms with Gasteiger partial charge in [-0.2, -0.15) is 0 Å². The van der Waals surface area contributed by atoms with Gasteiger partial charge >= 0.3 is 5.97 Å². The van der Waals surface area contributed by atoms with E-state index in [0.717, 1.165) is 12.1 Å². The Hall–Kier alpha value is -3.36. The maximum Gasteiger partial charge on any atom is 0.326 e. The Labute approximate surface area is 146 Å². The number of benzene rings is 2. The van der Waals surface area contributed by atoms with Crippen LogP contribution in [0.2, 0.25) is 0 Å². The number of carboxylic acid groups (broad SMARTS) is 1. The zero-order valence-electron chi connectivity index (χ0n) is 13.3. The summed E-state index contributed by atoms with van der Waals surface area (Å²) in [6.07, 6.45) is -0.405. The Kier molecular flexibility index (Phi) is 5.94. The molecule has 0 aliphatic rings. The number of hydrogen-bond acceptors (Lipinski definition) is 4. The van der Waals surface area contributed by atoms with Gasteiger partial charge in [0, 0.05) is 18.6 Å². The van der Waals surface area contributed by atoms with E-state index in [9.17, 15) is 33.6 Å². The average molecular weight is 364 g/mol. The standard InChI is InChI=1S/C17H14F2N2O5/c18-13-6-3-11(7-14(13)19)9-16(22)20-15(17(23)24)8-10-1-4-12(5-2-10)21(25)26/h1-7,15H,8-9H2,(H,20,22)(H,23,24)/t15-/m0/s1. The van der Waals surface area contributed by atoms with Crippen LogP contribution in [0, 0.1) is 21.7 Å². The molecular weight excluding hydrogens is 350 g/mol. The number of aliphatic carboxylic acids is 1. The fraction of sp³-hybridized carbons (Fsp3) is 0.176. The van der Waals surface area contributed by atoms with Crippen LogP contribution in [0.4, 0.5) is 14.5 Å². The van der Waals surface area contributed by atoms with E-state index in [4.69, 9.17) is 0 Å². The minimum absolute atomic E-state index is 0.0865. The van der Waals surface area contributed by atoms with E-state index in [-0.39, 0.29) is 24.1 Å². The van der Waals surface area contributed by atoms with Crippen LogP contribution < -0.4 is 5.32 Å². The van der Waals surface area contributed by atoms with Gasteiger partial charge in [0.2, 0.25) is 5.91 Å². The number of nitrogens with zero attached hydrogens (tertiary/aromatic N) is 1. The van der Waals surface area contributed by atoms with Crippen molar-refractivity contribution in [1.29, 1.82) is 0 Å². The Bertz CT molecular complexity index is 840. The molecule has 2 aromatic rings. The first kappa shape index (κ1) is 19.0. The van der Waals surface area contributed by atoms with Gasteiger partial charge in [-0.05, 0) is 23.3 Å². The summed E-state index contributed by atoms with van der Waals surface area (Å²) < 4.78 is 26.0. The van der Waals surface area contributed by atoms with E-state index in [1.807, 2.05) is 0 Å². The summed E-state index contributed by atoms with van der Waals surface area (Å²) >= 11 is 0. The second-order valence-electron chi connectivity index (χ2n) is 5.51. The van der Waals surface area contributed by atoms with Gasteiger partial charge in [0.05, 0.1) is 11.3 Å². The second-order valence-corrected chi connectivity index (χ2v) is 5.51. The molecule has 7 nitrogen and oxygen atoms in total. The van der Waals surface area contributed by atoms with Crippen molar-refractivity contribution in [2.24, 2.45) is 0 Å². The second kappa shape index (κ2) is 8.15. The number of halogens is 2. The molecule has 0 saturated heterocycles. The van der Waals surface area contributed by atoms with Crippen LogP contribution in [0.15, 0.2) is 42.5 Å². The maximum atomic E-state index is 13.1. The SMILES string of the molecule is O=C(Cc1ccc(F)c(F)c1)N[C@@H](Cc1ccc([N+](=O)[O-])cc1)C(=O)O. The molecule has 2 rings (SSSR count). The molecule has 1 atom stereocenters. The molecule has 2 N–H and O–H groups in total. The van der Waals surface area contributed by atoms with Crippen molar-refractivity contribution in [3.63, 3.8) is 0 Å². The Balaban J connectivity index is 2.02. The van der Waals surface area contributed by atoms with Crippen LogP contribution in [0.5, 0.6) is 0 Å². The van der Waals surface area contributed by atoms with Crippen LogP contribution in [0.1, 0.15) is 11.1 Å². The molecular formula is C17H14F2N2O5. The third-order valence-corrected chi connectivity index (χ3v) is 3.57. The molecule has 0 unspecified atom stereocenters. The van der Waals surface area contributed by atoms with E-state index in [0.29, 0.717) is 5.56 Å². The van der Waals surface area contributed by atoms with E-state index >= 15 is 0 Å². The van der Waals surface area contributed by atoms with Crippen molar-refractivity contribution < 1.29 is 28.4 Å². The molecule has 0 saturated carbocycles. The summed E-state index contributed by atoms with van der Waals surface area (Å²) in [5.41, 5.74) is 0.542. The van der Waals surface area contributed by atoms with Gasteiger partial charge < -0.3 is 10.4 Å². The predicted octanol–water partition coefficient (Wildman–Crippen LogP) is 2.23. The summed E-state index contributed by atoms with van der Waals surface area (Å²) in [5.74, 6) is -4.11. The number of carbonyl (C=O) groups excluding carboxylic acids is 1. The number of nitrogens with one attached hydrogen (secondary N) is 1. The molecule has 0 spiro atoms. The van der Waals surface area contributed by atoms with Gasteiger partial charge in [0.15, 0.2) is 11.6 Å². The van der Waals surface area contributed by atoms with Crippen molar-refractivity contribution in [1.82, 2.24) is 5.32 Å². The molecule has 1 amide bonds. The van der Waals surface area contributed by atoms with Crippen molar-refractivity contribution in [3.8, 4) is 0 Å². The van der Waals surface area contributed by atoms with E-state index in [2.05, 4.69) is 5.32 Å². The van der Waals surface area contributed by atoms with Crippen LogP contribution in [0.25, 0.3) is 0 Å². The van der Waals surface area contributed by atoms with Gasteiger partial charge in [0.25, 0.3) is 5.69 Å². The lowest BCUT2D eigenvalue weighted by molar-refractivity contribution is -0.384. The summed E-state index contributed by atoms with van der Waals surface area (Å²) in [5, 5.41) is 22.1. The number of nitro benzene ring substituents is 1. The number of carboxylic acids is 1. The minimum atomic E-state index is -1.29. The number of non-ortho nitro benzene ring substituents is 1. The van der Waals surface area contributed by atoms with E-state index in [1.54, 1.807) is 0 Å². The molecule has 2 aromatic carbocycles. The van der Waals surface area contributed by atoms with Crippen LogP contribution in [-0.2, 0) is 22.4 Å². The molecule has 0 bridgehead atoms. The summed E-state index contributed by atoms with van der Waals surface area (Å²) in [6, 6.07) is 6.96. The highest BCUT2D eigenvalue weighted by molar-refractivity contribution is 5.85. The molecule has 0 radical (unpaired) electrons. The third kappa shape index (κ3) is 5.07. The lowest BCUT2D eigenvalue weighted by atomic mass is 10.0. The van der Waals surface area contributed by atoms with Crippen molar-refractivity contribution >= 4 is 17.6 Å². The Morgan fingerprint density at radius 2 is 1.69 bits per heavy atom. The fourth-order valence-electron chi connectivity index (χ4n) is 2.27. The number of amides is 1. The third-order valence-electron chi connectivity index (χ3n) is 3.57. The molecule has 0 aromatic heterocycles. The Morgan fingerprint density at radius 1 is 1.08 bits per heavy atom. The molecule has 26 heavy (non-hydrogen) atoms. The minimum Gasteiger partial charge on any atom is -0.480 e. The number of nitro groups is 1. The molecule has 0 heterocycles. The highest BCUT2D eigenvalue weighted by Crippen LogP contribution is 2.14. The van der Waals surface area contributed by atoms with Crippen LogP contribution >= 0.6 is 0 Å². The van der Waals surface area contributed by atoms with Gasteiger partial charge in [0.1, 0.15) is 6.04 Å². The zero-order valence-corrected chi connectivity index (χ0v) is 13.3. The number of carbonyl (C=O) groups is 2. The van der Waals surface area contributed by atoms with Gasteiger partial charge in [-0.3, -0.25) is 14.9 Å². The fourth-order valence-corrected chi connectivity index (χ4v) is 2.27. The molecule has 9 heteroatoms. The monoisotopic (exact) mass is 364 g/mol. The van der Waals surface area contributed by atoms with Gasteiger partial charge in [-0.25, -0.2) is 13.6 Å². The first-order chi connectivity index (χ1) is 12.3. The van der Waals surface area contributed by atoms with Gasteiger partial charge in [-0.1, -0.05) is 18.2 Å². The van der Waals surface area contributed by atoms with E-state index < -0.39 is 34.5 Å². The van der Waals surface area contributed by atoms with Crippen molar-refractivity contribution in [2.45, 2.75) is 18.9 Å². The van der Waals surface area contributed by atoms with Crippen molar-refractivity contribution in [2.75, 3.05) is 0 Å². The average Bonchev–Trinajstić information content (AvgIpc) is 2.58. The summed E-state index contributed by atoms with van der Waals surface area (Å²) in [6.45, 7) is 0. The molecule has 0 aliphatic carbocycles. The van der Waals surface area contributed by atoms with E-state index in [1.165, 1.54) is 30.3 Å². The van der Waals surface area contributed by atoms with Crippen LogP contribution in [0.3, 0.4) is 0 Å². The number of rotatable bonds is 7. The quantitative estimate of drug-likeness (QED) is 0.578. The predicted molar refractivity (Wildman–Crippen MR) is 86.4 cm³/mol. The highest BCUT2D eigenvalue weighted by Gasteiger charge is 2.21. The lowest BCUT2D eigenvalue weighted by Gasteiger charge is -2.14. The topological polar surface area (TPSA) is 110 Å². The lowest BCUT2D eigenvalue weighted by Crippen LogP contribution is -2.43. The normalized spacial score (nSPS) is 11.6. The molecule has 0 aliphatic heterocycles. The van der Waals surface area contributed by atoms with Gasteiger partial charge in [-0.15, -0.1) is 0 Å². The first-order valence-electron chi connectivity index (χ1n) is 7.45. The first-order valence-corrected chi connectivity index (χ1v) is 7.45. The largest absolute Gasteiger partial charge is 0.480 e. The van der Waals surface area contributed by atoms with Crippen LogP contribution in [-0.4, -0.2) is 27.9 Å². The summed E-state index contributed by atoms with van der Waals surface area (Å²) in [7, 11) is 0. The smallest absolute Gasteiger partial charge is 0.326 e. The van der Waals surface area contributed by atoms with Crippen molar-refractivity contribution in [3.05, 3.63) is 75.3 Å². The maximum absolute atomic E-state index is 13.1. The summed E-state index contributed by atoms with van der Waals surface area (Å²) in [4.78, 5) is 33.3. The zero-order chi connectivity index (χ0) is 19.3. The highest BCUT2D eigenvalue weighted by atomic mass is 19.2. The molecule has 0 fully saturated rings.